The van der Waals surface area contributed by atoms with Gasteiger partial charge >= 0.3 is 0 Å². The Morgan fingerprint density at radius 1 is 1.27 bits per heavy atom. The van der Waals surface area contributed by atoms with Crippen LogP contribution in [-0.2, 0) is 0 Å². The number of benzene rings is 2. The first-order chi connectivity index (χ1) is 12.6. The summed E-state index contributed by atoms with van der Waals surface area (Å²) < 4.78 is 26.5. The normalized spacial score (nSPS) is 11.0. The Kier molecular flexibility index (Phi) is 5.43. The minimum atomic E-state index is -0.402. The third-order valence-corrected chi connectivity index (χ3v) is 3.84. The Hall–Kier alpha value is -3.00. The van der Waals surface area contributed by atoms with Crippen molar-refractivity contribution < 1.29 is 13.9 Å². The molecule has 6 nitrogen and oxygen atoms in total. The molecule has 134 valence electrons. The Labute approximate surface area is 154 Å². The van der Waals surface area contributed by atoms with Gasteiger partial charge in [-0.2, -0.15) is 14.9 Å². The van der Waals surface area contributed by atoms with Crippen molar-refractivity contribution in [2.24, 2.45) is 5.10 Å². The monoisotopic (exact) mass is 372 g/mol. The lowest BCUT2D eigenvalue weighted by atomic mass is 10.2. The average molecular weight is 372 g/mol. The minimum absolute atomic E-state index is 0.261. The molecular weight excluding hydrogens is 355 g/mol. The molecule has 0 saturated heterocycles. The van der Waals surface area contributed by atoms with E-state index in [4.69, 9.17) is 21.7 Å². The lowest BCUT2D eigenvalue weighted by Gasteiger charge is -2.09. The van der Waals surface area contributed by atoms with Gasteiger partial charge in [0.15, 0.2) is 17.3 Å². The van der Waals surface area contributed by atoms with Gasteiger partial charge in [-0.3, -0.25) is 0 Å². The summed E-state index contributed by atoms with van der Waals surface area (Å²) in [5.74, 6) is 1.14. The molecule has 1 aromatic heterocycles. The molecule has 0 radical (unpaired) electrons. The lowest BCUT2D eigenvalue weighted by Crippen LogP contribution is -1.98. The molecule has 0 aliphatic heterocycles. The highest BCUT2D eigenvalue weighted by Crippen LogP contribution is 2.27. The quantitative estimate of drug-likeness (QED) is 0.524. The van der Waals surface area contributed by atoms with E-state index in [0.29, 0.717) is 29.5 Å². The van der Waals surface area contributed by atoms with Crippen LogP contribution in [0.5, 0.6) is 11.5 Å². The van der Waals surface area contributed by atoms with Crippen LogP contribution in [0.3, 0.4) is 0 Å². The van der Waals surface area contributed by atoms with Gasteiger partial charge in [-0.05, 0) is 55.0 Å². The molecule has 8 heteroatoms. The number of hydrogen-bond donors (Lipinski definition) is 1. The molecule has 1 heterocycles. The molecule has 3 rings (SSSR count). The zero-order chi connectivity index (χ0) is 18.5. The van der Waals surface area contributed by atoms with E-state index in [-0.39, 0.29) is 4.77 Å². The van der Waals surface area contributed by atoms with E-state index in [1.54, 1.807) is 43.7 Å². The summed E-state index contributed by atoms with van der Waals surface area (Å²) in [5.41, 5.74) is 1.08. The van der Waals surface area contributed by atoms with Crippen molar-refractivity contribution in [3.63, 3.8) is 0 Å². The van der Waals surface area contributed by atoms with Crippen molar-refractivity contribution in [1.82, 2.24) is 14.9 Å². The number of aromatic nitrogens is 3. The molecule has 0 aliphatic rings. The number of methoxy groups -OCH3 is 1. The fourth-order valence-corrected chi connectivity index (χ4v) is 2.56. The molecule has 1 N–H and O–H groups in total. The van der Waals surface area contributed by atoms with Crippen molar-refractivity contribution in [1.29, 1.82) is 0 Å². The third-order valence-electron chi connectivity index (χ3n) is 3.57. The molecule has 2 aromatic carbocycles. The third kappa shape index (κ3) is 3.65. The standard InChI is InChI=1S/C18H17FN4O2S/c1-3-25-15-9-8-12(10-16(15)24-2)11-20-23-17(21-22-18(23)26)13-6-4-5-7-14(13)19/h4-11H,3H2,1-2H3,(H,22,26)/b20-11+. The molecule has 0 fully saturated rings. The predicted molar refractivity (Wildman–Crippen MR) is 100.0 cm³/mol. The maximum absolute atomic E-state index is 14.1. The first-order valence-electron chi connectivity index (χ1n) is 7.91. The number of halogens is 1. The predicted octanol–water partition coefficient (Wildman–Crippen LogP) is 4.04. The Morgan fingerprint density at radius 3 is 2.81 bits per heavy atom. The molecule has 26 heavy (non-hydrogen) atoms. The second-order valence-electron chi connectivity index (χ2n) is 5.23. The van der Waals surface area contributed by atoms with Crippen molar-refractivity contribution in [2.45, 2.75) is 6.92 Å². The van der Waals surface area contributed by atoms with E-state index in [1.807, 2.05) is 13.0 Å². The van der Waals surface area contributed by atoms with Gasteiger partial charge in [0.1, 0.15) is 5.82 Å². The van der Waals surface area contributed by atoms with Crippen molar-refractivity contribution in [2.75, 3.05) is 13.7 Å². The molecule has 0 bridgehead atoms. The van der Waals surface area contributed by atoms with E-state index in [9.17, 15) is 4.39 Å². The topological polar surface area (TPSA) is 64.4 Å². The van der Waals surface area contributed by atoms with Gasteiger partial charge in [0.05, 0.1) is 25.5 Å². The highest BCUT2D eigenvalue weighted by atomic mass is 32.1. The second-order valence-corrected chi connectivity index (χ2v) is 5.62. The Morgan fingerprint density at radius 2 is 2.08 bits per heavy atom. The van der Waals surface area contributed by atoms with Gasteiger partial charge in [-0.25, -0.2) is 9.49 Å². The SMILES string of the molecule is CCOc1ccc(/C=N/n2c(-c3ccccc3F)n[nH]c2=S)cc1OC. The summed E-state index contributed by atoms with van der Waals surface area (Å²) in [6.07, 6.45) is 1.59. The second kappa shape index (κ2) is 7.92. The fraction of sp³-hybridized carbons (Fsp3) is 0.167. The van der Waals surface area contributed by atoms with Crippen LogP contribution < -0.4 is 9.47 Å². The number of aromatic amines is 1. The Bertz CT molecular complexity index is 997. The number of hydrogen-bond acceptors (Lipinski definition) is 5. The van der Waals surface area contributed by atoms with Gasteiger partial charge in [0, 0.05) is 0 Å². The van der Waals surface area contributed by atoms with Crippen LogP contribution in [0.25, 0.3) is 11.4 Å². The van der Waals surface area contributed by atoms with Crippen molar-refractivity contribution >= 4 is 18.4 Å². The molecule has 0 aliphatic carbocycles. The van der Waals surface area contributed by atoms with E-state index in [1.165, 1.54) is 10.7 Å². The zero-order valence-corrected chi connectivity index (χ0v) is 15.1. The molecule has 0 amide bonds. The smallest absolute Gasteiger partial charge is 0.216 e. The first kappa shape index (κ1) is 17.8. The summed E-state index contributed by atoms with van der Waals surface area (Å²) in [4.78, 5) is 0. The molecule has 0 saturated carbocycles. The van der Waals surface area contributed by atoms with Gasteiger partial charge in [0.25, 0.3) is 0 Å². The molecule has 0 spiro atoms. The van der Waals surface area contributed by atoms with Gasteiger partial charge in [-0.15, -0.1) is 0 Å². The average Bonchev–Trinajstić information content (AvgIpc) is 3.02. The van der Waals surface area contributed by atoms with Crippen LogP contribution >= 0.6 is 12.2 Å². The maximum atomic E-state index is 14.1. The van der Waals surface area contributed by atoms with Crippen molar-refractivity contribution in [3.8, 4) is 22.9 Å². The number of nitrogens with zero attached hydrogens (tertiary/aromatic N) is 3. The number of nitrogens with one attached hydrogen (secondary N) is 1. The highest BCUT2D eigenvalue weighted by Gasteiger charge is 2.12. The minimum Gasteiger partial charge on any atom is -0.493 e. The van der Waals surface area contributed by atoms with Gasteiger partial charge in [-0.1, -0.05) is 12.1 Å². The molecule has 0 atom stereocenters. The fourth-order valence-electron chi connectivity index (χ4n) is 2.38. The van der Waals surface area contributed by atoms with Crippen LogP contribution in [0, 0.1) is 10.6 Å². The van der Waals surface area contributed by atoms with E-state index in [2.05, 4.69) is 15.3 Å². The maximum Gasteiger partial charge on any atom is 0.216 e. The van der Waals surface area contributed by atoms with Crippen LogP contribution in [0.4, 0.5) is 4.39 Å². The zero-order valence-electron chi connectivity index (χ0n) is 14.3. The van der Waals surface area contributed by atoms with Crippen LogP contribution in [0.15, 0.2) is 47.6 Å². The molecular formula is C18H17FN4O2S. The highest BCUT2D eigenvalue weighted by molar-refractivity contribution is 7.71. The largest absolute Gasteiger partial charge is 0.493 e. The van der Waals surface area contributed by atoms with Crippen LogP contribution in [-0.4, -0.2) is 34.8 Å². The van der Waals surface area contributed by atoms with E-state index >= 15 is 0 Å². The summed E-state index contributed by atoms with van der Waals surface area (Å²) in [7, 11) is 1.57. The molecule has 3 aromatic rings. The van der Waals surface area contributed by atoms with Crippen LogP contribution in [0.2, 0.25) is 0 Å². The first-order valence-corrected chi connectivity index (χ1v) is 8.32. The van der Waals surface area contributed by atoms with Gasteiger partial charge in [0.2, 0.25) is 4.77 Å². The summed E-state index contributed by atoms with van der Waals surface area (Å²) in [6, 6.07) is 11.7. The van der Waals surface area contributed by atoms with E-state index < -0.39 is 5.82 Å². The summed E-state index contributed by atoms with van der Waals surface area (Å²) in [5, 5.41) is 11.1. The number of ether oxygens (including phenoxy) is 2. The summed E-state index contributed by atoms with van der Waals surface area (Å²) >= 11 is 5.20. The molecule has 0 unspecified atom stereocenters. The Balaban J connectivity index is 1.96. The number of H-pyrrole nitrogens is 1. The number of rotatable bonds is 6. The summed E-state index contributed by atoms with van der Waals surface area (Å²) in [6.45, 7) is 2.44. The van der Waals surface area contributed by atoms with Gasteiger partial charge < -0.3 is 9.47 Å². The lowest BCUT2D eigenvalue weighted by molar-refractivity contribution is 0.311. The van der Waals surface area contributed by atoms with E-state index in [0.717, 1.165) is 5.56 Å². The van der Waals surface area contributed by atoms with Crippen LogP contribution in [0.1, 0.15) is 12.5 Å². The van der Waals surface area contributed by atoms with Crippen molar-refractivity contribution in [3.05, 3.63) is 58.6 Å².